The highest BCUT2D eigenvalue weighted by atomic mass is 32.1. The molecule has 4 heteroatoms. The summed E-state index contributed by atoms with van der Waals surface area (Å²) in [6.45, 7) is 8.61. The number of thiophene rings is 2. The van der Waals surface area contributed by atoms with Gasteiger partial charge < -0.3 is 9.80 Å². The summed E-state index contributed by atoms with van der Waals surface area (Å²) >= 11 is 3.78. The van der Waals surface area contributed by atoms with E-state index >= 15 is 0 Å². The van der Waals surface area contributed by atoms with Gasteiger partial charge in [0.1, 0.15) is 0 Å². The van der Waals surface area contributed by atoms with Crippen LogP contribution in [0.15, 0.2) is 218 Å². The van der Waals surface area contributed by atoms with Crippen molar-refractivity contribution in [2.45, 2.75) is 27.7 Å². The van der Waals surface area contributed by atoms with Crippen molar-refractivity contribution in [1.29, 1.82) is 0 Å². The molecule has 0 N–H and O–H groups in total. The summed E-state index contributed by atoms with van der Waals surface area (Å²) in [6, 6.07) is 81.0. The predicted octanol–water partition coefficient (Wildman–Crippen LogP) is 19.6. The molecule has 10 aromatic carbocycles. The Morgan fingerprint density at radius 3 is 0.706 bits per heavy atom. The maximum absolute atomic E-state index is 2.45. The van der Waals surface area contributed by atoms with Gasteiger partial charge in [0.05, 0.1) is 11.4 Å². The second-order valence-corrected chi connectivity index (χ2v) is 20.1. The molecular weight excluding hydrogens is 861 g/mol. The van der Waals surface area contributed by atoms with Crippen LogP contribution in [0.5, 0.6) is 0 Å². The summed E-state index contributed by atoms with van der Waals surface area (Å²) < 4.78 is 0. The number of anilines is 6. The van der Waals surface area contributed by atoms with Crippen molar-refractivity contribution in [3.63, 3.8) is 0 Å². The predicted molar refractivity (Wildman–Crippen MR) is 297 cm³/mol. The summed E-state index contributed by atoms with van der Waals surface area (Å²) in [6.07, 6.45) is 0. The lowest BCUT2D eigenvalue weighted by Crippen LogP contribution is -2.11. The lowest BCUT2D eigenvalue weighted by Gasteiger charge is -2.29. The summed E-state index contributed by atoms with van der Waals surface area (Å²) in [4.78, 5) is 9.96. The van der Waals surface area contributed by atoms with Crippen molar-refractivity contribution in [3.05, 3.63) is 241 Å². The zero-order chi connectivity index (χ0) is 45.9. The standard InChI is InChI=1S/C64H48N2S2/c1-41-21-29-45(30-22-41)65(46-31-23-42(2)24-32-46)63-53-17-9-5-13-49(53)61(50-14-6-10-18-54(50)63)59-39-37-57(67-59)58-38-40-60(68-58)62-51-15-7-11-19-55(51)64(56-20-12-8-16-52(56)62)66(47-33-25-43(3)26-34-47)48-35-27-44(4)28-36-48/h5-40H,1-4H3. The molecule has 68 heavy (non-hydrogen) atoms. The molecule has 12 rings (SSSR count). The first kappa shape index (κ1) is 41.7. The maximum atomic E-state index is 2.45. The van der Waals surface area contributed by atoms with Crippen LogP contribution in [0.2, 0.25) is 0 Å². The van der Waals surface area contributed by atoms with Gasteiger partial charge in [0.25, 0.3) is 0 Å². The van der Waals surface area contributed by atoms with Crippen LogP contribution in [0.4, 0.5) is 34.1 Å². The summed E-state index contributed by atoms with van der Waals surface area (Å²) in [7, 11) is 0. The molecule has 0 aliphatic rings. The third kappa shape index (κ3) is 7.25. The molecule has 0 bridgehead atoms. The van der Waals surface area contributed by atoms with Crippen molar-refractivity contribution >= 4 is 99.9 Å². The Kier molecular flexibility index (Phi) is 10.5. The Balaban J connectivity index is 1.000. The number of benzene rings is 10. The SMILES string of the molecule is Cc1ccc(N(c2ccc(C)cc2)c2c3ccccc3c(-c3ccc(-c4ccc(-c5c6ccccc6c(N(c6ccc(C)cc6)c6ccc(C)cc6)c6ccccc56)s4)s3)c3ccccc23)cc1. The summed E-state index contributed by atoms with van der Waals surface area (Å²) in [5.41, 5.74) is 14.5. The monoisotopic (exact) mass is 908 g/mol. The minimum atomic E-state index is 1.14. The molecule has 0 saturated heterocycles. The number of hydrogen-bond acceptors (Lipinski definition) is 4. The van der Waals surface area contributed by atoms with Gasteiger partial charge in [-0.3, -0.25) is 0 Å². The van der Waals surface area contributed by atoms with E-state index in [9.17, 15) is 0 Å². The lowest BCUT2D eigenvalue weighted by molar-refractivity contribution is 1.29. The fourth-order valence-corrected chi connectivity index (χ4v) is 12.3. The van der Waals surface area contributed by atoms with E-state index in [4.69, 9.17) is 0 Å². The molecule has 0 spiro atoms. The van der Waals surface area contributed by atoms with Gasteiger partial charge in [-0.25, -0.2) is 0 Å². The van der Waals surface area contributed by atoms with Crippen LogP contribution in [-0.4, -0.2) is 0 Å². The molecular formula is C64H48N2S2. The highest BCUT2D eigenvalue weighted by molar-refractivity contribution is 7.25. The molecule has 12 aromatic rings. The van der Waals surface area contributed by atoms with E-state index in [0.29, 0.717) is 0 Å². The van der Waals surface area contributed by atoms with E-state index in [-0.39, 0.29) is 0 Å². The van der Waals surface area contributed by atoms with E-state index in [1.165, 1.54) is 107 Å². The lowest BCUT2D eigenvalue weighted by atomic mass is 9.92. The zero-order valence-corrected chi connectivity index (χ0v) is 40.1. The number of hydrogen-bond donors (Lipinski definition) is 0. The van der Waals surface area contributed by atoms with Crippen LogP contribution in [0, 0.1) is 27.7 Å². The molecule has 326 valence electrons. The third-order valence-corrected chi connectivity index (χ3v) is 15.8. The van der Waals surface area contributed by atoms with E-state index in [1.54, 1.807) is 0 Å². The van der Waals surface area contributed by atoms with Gasteiger partial charge in [-0.05, 0) is 122 Å². The van der Waals surface area contributed by atoms with Gasteiger partial charge in [0.15, 0.2) is 0 Å². The first-order valence-corrected chi connectivity index (χ1v) is 25.0. The van der Waals surface area contributed by atoms with Crippen LogP contribution in [0.25, 0.3) is 73.7 Å². The highest BCUT2D eigenvalue weighted by Crippen LogP contribution is 2.53. The topological polar surface area (TPSA) is 6.48 Å². The fourth-order valence-electron chi connectivity index (χ4n) is 10.0. The van der Waals surface area contributed by atoms with Crippen LogP contribution in [0.3, 0.4) is 0 Å². The van der Waals surface area contributed by atoms with Gasteiger partial charge >= 0.3 is 0 Å². The van der Waals surface area contributed by atoms with E-state index in [1.807, 2.05) is 22.7 Å². The van der Waals surface area contributed by atoms with E-state index in [2.05, 4.69) is 256 Å². The van der Waals surface area contributed by atoms with Crippen LogP contribution in [-0.2, 0) is 0 Å². The quantitative estimate of drug-likeness (QED) is 0.133. The Bertz CT molecular complexity index is 3360. The van der Waals surface area contributed by atoms with Crippen molar-refractivity contribution in [2.75, 3.05) is 9.80 Å². The first-order valence-electron chi connectivity index (χ1n) is 23.3. The molecule has 0 aliphatic carbocycles. The van der Waals surface area contributed by atoms with Crippen molar-refractivity contribution < 1.29 is 0 Å². The number of aryl methyl sites for hydroxylation is 4. The molecule has 2 heterocycles. The number of nitrogens with zero attached hydrogens (tertiary/aromatic N) is 2. The molecule has 0 amide bonds. The van der Waals surface area contributed by atoms with Gasteiger partial charge in [-0.1, -0.05) is 168 Å². The Morgan fingerprint density at radius 2 is 0.456 bits per heavy atom. The molecule has 0 fully saturated rings. The zero-order valence-electron chi connectivity index (χ0n) is 38.5. The molecule has 0 saturated carbocycles. The molecule has 2 aromatic heterocycles. The van der Waals surface area contributed by atoms with Crippen molar-refractivity contribution in [1.82, 2.24) is 0 Å². The van der Waals surface area contributed by atoms with E-state index < -0.39 is 0 Å². The van der Waals surface area contributed by atoms with Crippen molar-refractivity contribution in [3.8, 4) is 30.6 Å². The van der Waals surface area contributed by atoms with Gasteiger partial charge in [0, 0.05) is 74.9 Å². The third-order valence-electron chi connectivity index (χ3n) is 13.4. The Labute approximate surface area is 406 Å². The fraction of sp³-hybridized carbons (Fsp3) is 0.0625. The number of fused-ring (bicyclic) bond motifs is 4. The Hall–Kier alpha value is -7.76. The minimum Gasteiger partial charge on any atom is -0.309 e. The molecule has 0 unspecified atom stereocenters. The molecule has 2 nitrogen and oxygen atoms in total. The summed E-state index contributed by atoms with van der Waals surface area (Å²) in [5.74, 6) is 0. The van der Waals surface area contributed by atoms with Gasteiger partial charge in [0.2, 0.25) is 0 Å². The molecule has 0 atom stereocenters. The first-order chi connectivity index (χ1) is 33.4. The van der Waals surface area contributed by atoms with Crippen molar-refractivity contribution in [2.24, 2.45) is 0 Å². The number of rotatable bonds is 9. The second kappa shape index (κ2) is 17.2. The van der Waals surface area contributed by atoms with Crippen LogP contribution in [0.1, 0.15) is 22.3 Å². The molecule has 0 radical (unpaired) electrons. The smallest absolute Gasteiger partial charge is 0.0618 e. The largest absolute Gasteiger partial charge is 0.309 e. The molecule has 0 aliphatic heterocycles. The van der Waals surface area contributed by atoms with Gasteiger partial charge in [-0.15, -0.1) is 22.7 Å². The summed E-state index contributed by atoms with van der Waals surface area (Å²) in [5, 5.41) is 9.87. The highest BCUT2D eigenvalue weighted by Gasteiger charge is 2.25. The Morgan fingerprint density at radius 1 is 0.235 bits per heavy atom. The maximum Gasteiger partial charge on any atom is 0.0618 e. The average Bonchev–Trinajstić information content (AvgIpc) is 4.07. The van der Waals surface area contributed by atoms with E-state index in [0.717, 1.165) is 22.7 Å². The van der Waals surface area contributed by atoms with Gasteiger partial charge in [-0.2, -0.15) is 0 Å². The minimum absolute atomic E-state index is 1.14. The van der Waals surface area contributed by atoms with Crippen LogP contribution < -0.4 is 9.80 Å². The average molecular weight is 909 g/mol. The van der Waals surface area contributed by atoms with Crippen LogP contribution >= 0.6 is 22.7 Å². The normalized spacial score (nSPS) is 11.5. The second-order valence-electron chi connectivity index (χ2n) is 18.0.